The zero-order chi connectivity index (χ0) is 17.9. The molecule has 0 saturated heterocycles. The van der Waals surface area contributed by atoms with Crippen molar-refractivity contribution in [3.05, 3.63) is 66.2 Å². The fourth-order valence-electron chi connectivity index (χ4n) is 2.75. The Labute approximate surface area is 149 Å². The van der Waals surface area contributed by atoms with Crippen molar-refractivity contribution in [2.24, 2.45) is 0 Å². The number of nitrogens with one attached hydrogen (secondary N) is 1. The van der Waals surface area contributed by atoms with Crippen molar-refractivity contribution in [2.45, 2.75) is 12.8 Å². The SMILES string of the molecule is O=C(CCc1ccc(-c2ccccc2F)o1)Nc1ccc2c(c1)OCO2. The molecule has 3 aromatic rings. The van der Waals surface area contributed by atoms with Gasteiger partial charge in [-0.2, -0.15) is 0 Å². The van der Waals surface area contributed by atoms with Crippen LogP contribution in [0.1, 0.15) is 12.2 Å². The number of furan rings is 1. The first-order chi connectivity index (χ1) is 12.7. The number of carbonyl (C=O) groups is 1. The molecule has 1 aliphatic heterocycles. The van der Waals surface area contributed by atoms with Gasteiger partial charge in [0.1, 0.15) is 17.3 Å². The lowest BCUT2D eigenvalue weighted by Crippen LogP contribution is -2.12. The summed E-state index contributed by atoms with van der Waals surface area (Å²) < 4.78 is 30.0. The summed E-state index contributed by atoms with van der Waals surface area (Å²) in [5.74, 6) is 1.88. The molecule has 0 fully saturated rings. The third kappa shape index (κ3) is 3.39. The van der Waals surface area contributed by atoms with Crippen molar-refractivity contribution in [2.75, 3.05) is 12.1 Å². The van der Waals surface area contributed by atoms with Crippen LogP contribution < -0.4 is 14.8 Å². The molecule has 1 aliphatic rings. The van der Waals surface area contributed by atoms with Crippen LogP contribution in [0, 0.1) is 5.82 Å². The summed E-state index contributed by atoms with van der Waals surface area (Å²) in [6, 6.07) is 15.1. The van der Waals surface area contributed by atoms with E-state index in [0.717, 1.165) is 0 Å². The summed E-state index contributed by atoms with van der Waals surface area (Å²) in [6.45, 7) is 0.190. The second-order valence-electron chi connectivity index (χ2n) is 5.86. The van der Waals surface area contributed by atoms with Gasteiger partial charge in [-0.25, -0.2) is 4.39 Å². The van der Waals surface area contributed by atoms with Gasteiger partial charge in [0, 0.05) is 24.6 Å². The molecule has 0 spiro atoms. The number of carbonyl (C=O) groups excluding carboxylic acids is 1. The number of rotatable bonds is 5. The number of aryl methyl sites for hydroxylation is 1. The molecule has 0 aliphatic carbocycles. The van der Waals surface area contributed by atoms with Gasteiger partial charge in [0.25, 0.3) is 0 Å². The molecule has 6 heteroatoms. The van der Waals surface area contributed by atoms with Gasteiger partial charge < -0.3 is 19.2 Å². The summed E-state index contributed by atoms with van der Waals surface area (Å²) in [5, 5.41) is 2.81. The van der Waals surface area contributed by atoms with E-state index in [0.29, 0.717) is 40.7 Å². The predicted octanol–water partition coefficient (Wildman–Crippen LogP) is 4.39. The first kappa shape index (κ1) is 16.2. The Morgan fingerprint density at radius 3 is 2.77 bits per heavy atom. The van der Waals surface area contributed by atoms with Gasteiger partial charge in [-0.05, 0) is 36.4 Å². The van der Waals surface area contributed by atoms with Crippen LogP contribution in [0.25, 0.3) is 11.3 Å². The lowest BCUT2D eigenvalue weighted by atomic mass is 10.1. The summed E-state index contributed by atoms with van der Waals surface area (Å²) in [7, 11) is 0. The topological polar surface area (TPSA) is 60.7 Å². The minimum atomic E-state index is -0.339. The minimum Gasteiger partial charge on any atom is -0.461 e. The molecular formula is C20H16FNO4. The van der Waals surface area contributed by atoms with E-state index in [-0.39, 0.29) is 24.9 Å². The third-order valence-corrected chi connectivity index (χ3v) is 4.06. The number of anilines is 1. The molecule has 2 aromatic carbocycles. The van der Waals surface area contributed by atoms with Gasteiger partial charge in [-0.1, -0.05) is 12.1 Å². The fraction of sp³-hybridized carbons (Fsp3) is 0.150. The Morgan fingerprint density at radius 1 is 1.04 bits per heavy atom. The minimum absolute atomic E-state index is 0.146. The number of ether oxygens (including phenoxy) is 2. The normalized spacial score (nSPS) is 12.2. The van der Waals surface area contributed by atoms with Crippen LogP contribution in [0.5, 0.6) is 11.5 Å². The van der Waals surface area contributed by atoms with Crippen LogP contribution in [-0.4, -0.2) is 12.7 Å². The average Bonchev–Trinajstić information content (AvgIpc) is 3.29. The van der Waals surface area contributed by atoms with Crippen molar-refractivity contribution in [3.63, 3.8) is 0 Å². The van der Waals surface area contributed by atoms with Crippen molar-refractivity contribution in [1.29, 1.82) is 0 Å². The van der Waals surface area contributed by atoms with E-state index in [9.17, 15) is 9.18 Å². The molecule has 4 rings (SSSR count). The maximum Gasteiger partial charge on any atom is 0.231 e. The monoisotopic (exact) mass is 353 g/mol. The molecule has 0 unspecified atom stereocenters. The van der Waals surface area contributed by atoms with Crippen LogP contribution >= 0.6 is 0 Å². The maximum atomic E-state index is 13.8. The third-order valence-electron chi connectivity index (χ3n) is 4.06. The van der Waals surface area contributed by atoms with E-state index >= 15 is 0 Å². The summed E-state index contributed by atoms with van der Waals surface area (Å²) in [6.07, 6.45) is 0.670. The van der Waals surface area contributed by atoms with Crippen LogP contribution in [0.15, 0.2) is 59.0 Å². The molecule has 1 aromatic heterocycles. The molecule has 132 valence electrons. The Morgan fingerprint density at radius 2 is 1.88 bits per heavy atom. The highest BCUT2D eigenvalue weighted by Gasteiger charge is 2.15. The summed E-state index contributed by atoms with van der Waals surface area (Å²) in [4.78, 5) is 12.1. The van der Waals surface area contributed by atoms with E-state index in [1.165, 1.54) is 6.07 Å². The Kier molecular flexibility index (Phi) is 4.31. The molecule has 26 heavy (non-hydrogen) atoms. The predicted molar refractivity (Wildman–Crippen MR) is 93.6 cm³/mol. The number of benzene rings is 2. The van der Waals surface area contributed by atoms with Crippen LogP contribution in [-0.2, 0) is 11.2 Å². The van der Waals surface area contributed by atoms with E-state index in [1.807, 2.05) is 0 Å². The van der Waals surface area contributed by atoms with E-state index in [2.05, 4.69) is 5.32 Å². The zero-order valence-corrected chi connectivity index (χ0v) is 13.8. The molecule has 1 amide bonds. The van der Waals surface area contributed by atoms with Crippen molar-refractivity contribution in [1.82, 2.24) is 0 Å². The molecule has 0 radical (unpaired) electrons. The Balaban J connectivity index is 1.36. The zero-order valence-electron chi connectivity index (χ0n) is 13.8. The molecule has 5 nitrogen and oxygen atoms in total. The molecule has 0 atom stereocenters. The van der Waals surface area contributed by atoms with Gasteiger partial charge >= 0.3 is 0 Å². The second kappa shape index (κ2) is 6.92. The van der Waals surface area contributed by atoms with Crippen molar-refractivity contribution in [3.8, 4) is 22.8 Å². The second-order valence-corrected chi connectivity index (χ2v) is 5.86. The number of amides is 1. The first-order valence-electron chi connectivity index (χ1n) is 8.22. The van der Waals surface area contributed by atoms with Crippen molar-refractivity contribution >= 4 is 11.6 Å². The van der Waals surface area contributed by atoms with Crippen LogP contribution in [0.2, 0.25) is 0 Å². The van der Waals surface area contributed by atoms with Crippen LogP contribution in [0.4, 0.5) is 10.1 Å². The van der Waals surface area contributed by atoms with Gasteiger partial charge in [-0.3, -0.25) is 4.79 Å². The Bertz CT molecular complexity index is 950. The summed E-state index contributed by atoms with van der Waals surface area (Å²) >= 11 is 0. The van der Waals surface area contributed by atoms with Crippen LogP contribution in [0.3, 0.4) is 0 Å². The van der Waals surface area contributed by atoms with Gasteiger partial charge in [0.2, 0.25) is 12.7 Å². The van der Waals surface area contributed by atoms with Gasteiger partial charge in [0.15, 0.2) is 11.5 Å². The lowest BCUT2D eigenvalue weighted by Gasteiger charge is -2.05. The first-order valence-corrected chi connectivity index (χ1v) is 8.22. The van der Waals surface area contributed by atoms with E-state index < -0.39 is 0 Å². The quantitative estimate of drug-likeness (QED) is 0.739. The molecule has 0 saturated carbocycles. The number of hydrogen-bond acceptors (Lipinski definition) is 4. The largest absolute Gasteiger partial charge is 0.461 e. The molecule has 2 heterocycles. The maximum absolute atomic E-state index is 13.8. The molecule has 0 bridgehead atoms. The summed E-state index contributed by atoms with van der Waals surface area (Å²) in [5.41, 5.74) is 1.05. The van der Waals surface area contributed by atoms with Gasteiger partial charge in [-0.15, -0.1) is 0 Å². The van der Waals surface area contributed by atoms with Crippen molar-refractivity contribution < 1.29 is 23.1 Å². The molecular weight excluding hydrogens is 337 g/mol. The van der Waals surface area contributed by atoms with Gasteiger partial charge in [0.05, 0.1) is 5.56 Å². The lowest BCUT2D eigenvalue weighted by molar-refractivity contribution is -0.116. The Hall–Kier alpha value is -3.28. The standard InChI is InChI=1S/C20H16FNO4/c21-16-4-2-1-3-15(16)17-9-6-14(26-17)7-10-20(23)22-13-5-8-18-19(11-13)25-12-24-18/h1-6,8-9,11H,7,10,12H2,(H,22,23). The highest BCUT2D eigenvalue weighted by atomic mass is 19.1. The average molecular weight is 353 g/mol. The fourth-order valence-corrected chi connectivity index (χ4v) is 2.75. The number of hydrogen-bond donors (Lipinski definition) is 1. The van der Waals surface area contributed by atoms with E-state index in [4.69, 9.17) is 13.9 Å². The smallest absolute Gasteiger partial charge is 0.231 e. The van der Waals surface area contributed by atoms with E-state index in [1.54, 1.807) is 48.5 Å². The number of fused-ring (bicyclic) bond motifs is 1. The molecule has 1 N–H and O–H groups in total. The number of halogens is 1. The highest BCUT2D eigenvalue weighted by Crippen LogP contribution is 2.34. The highest BCUT2D eigenvalue weighted by molar-refractivity contribution is 5.91.